The molecule has 0 radical (unpaired) electrons. The first-order chi connectivity index (χ1) is 14.2. The number of hydrogen-bond donors (Lipinski definition) is 2. The Bertz CT molecular complexity index is 996. The van der Waals surface area contributed by atoms with E-state index in [0.29, 0.717) is 17.8 Å². The van der Waals surface area contributed by atoms with Gasteiger partial charge in [0, 0.05) is 13.2 Å². The number of para-hydroxylation sites is 2. The summed E-state index contributed by atoms with van der Waals surface area (Å²) in [5.74, 6) is -0.698. The van der Waals surface area contributed by atoms with Crippen LogP contribution in [0.2, 0.25) is 0 Å². The number of rotatable bonds is 6. The van der Waals surface area contributed by atoms with Crippen molar-refractivity contribution in [1.82, 2.24) is 20.3 Å². The molecule has 0 saturated carbocycles. The molecule has 3 aromatic rings. The highest BCUT2D eigenvalue weighted by Gasteiger charge is 2.19. The lowest BCUT2D eigenvalue weighted by Gasteiger charge is -2.13. The predicted molar refractivity (Wildman–Crippen MR) is 107 cm³/mol. The second-order valence-electron chi connectivity index (χ2n) is 6.70. The minimum absolute atomic E-state index is 0.0497. The van der Waals surface area contributed by atoms with Crippen molar-refractivity contribution >= 4 is 17.5 Å². The molecule has 2 heterocycles. The Morgan fingerprint density at radius 3 is 2.66 bits per heavy atom. The molecule has 0 spiro atoms. The van der Waals surface area contributed by atoms with Gasteiger partial charge in [-0.2, -0.15) is 9.90 Å². The van der Waals surface area contributed by atoms with Crippen LogP contribution in [0, 0.1) is 0 Å². The Labute approximate surface area is 167 Å². The molecule has 8 nitrogen and oxygen atoms in total. The third-order valence-electron chi connectivity index (χ3n) is 4.65. The minimum atomic E-state index is -0.438. The number of nitrogens with zero attached hydrogens (tertiary/aromatic N) is 3. The summed E-state index contributed by atoms with van der Waals surface area (Å²) in [4.78, 5) is 26.6. The van der Waals surface area contributed by atoms with E-state index in [1.165, 1.54) is 11.0 Å². The van der Waals surface area contributed by atoms with Crippen molar-refractivity contribution in [3.05, 3.63) is 72.1 Å². The molecule has 0 aliphatic carbocycles. The van der Waals surface area contributed by atoms with Gasteiger partial charge in [-0.3, -0.25) is 9.59 Å². The average Bonchev–Trinajstić information content (AvgIpc) is 3.45. The van der Waals surface area contributed by atoms with Crippen molar-refractivity contribution in [2.45, 2.75) is 18.9 Å². The molecule has 8 heteroatoms. The zero-order valence-corrected chi connectivity index (χ0v) is 15.7. The lowest BCUT2D eigenvalue weighted by Crippen LogP contribution is -2.32. The standard InChI is InChI=1S/C21H21N5O3/c27-20(22-13-16-9-6-12-29-16)17-10-4-5-11-18(17)24-21(28)19-14-23-26(25-19)15-7-2-1-3-8-15/h1-5,7-8,10-11,14,16H,6,9,12-13H2,(H,22,27)(H,24,28). The van der Waals surface area contributed by atoms with E-state index in [1.807, 2.05) is 30.3 Å². The van der Waals surface area contributed by atoms with Crippen molar-refractivity contribution < 1.29 is 14.3 Å². The maximum Gasteiger partial charge on any atom is 0.277 e. The second-order valence-corrected chi connectivity index (χ2v) is 6.70. The van der Waals surface area contributed by atoms with Gasteiger partial charge in [-0.15, -0.1) is 5.10 Å². The molecule has 1 fully saturated rings. The van der Waals surface area contributed by atoms with E-state index >= 15 is 0 Å². The van der Waals surface area contributed by atoms with Gasteiger partial charge in [0.25, 0.3) is 11.8 Å². The van der Waals surface area contributed by atoms with E-state index in [0.717, 1.165) is 25.1 Å². The normalized spacial score (nSPS) is 15.8. The van der Waals surface area contributed by atoms with E-state index in [1.54, 1.807) is 24.3 Å². The van der Waals surface area contributed by atoms with Crippen molar-refractivity contribution in [3.63, 3.8) is 0 Å². The van der Waals surface area contributed by atoms with Crippen LogP contribution in [-0.4, -0.2) is 46.1 Å². The summed E-state index contributed by atoms with van der Waals surface area (Å²) in [7, 11) is 0. The Hall–Kier alpha value is -3.52. The van der Waals surface area contributed by atoms with Crippen LogP contribution >= 0.6 is 0 Å². The molecule has 4 rings (SSSR count). The molecule has 1 atom stereocenters. The van der Waals surface area contributed by atoms with Crippen LogP contribution in [0.15, 0.2) is 60.8 Å². The molecule has 1 unspecified atom stereocenters. The number of benzene rings is 2. The zero-order valence-electron chi connectivity index (χ0n) is 15.7. The quantitative estimate of drug-likeness (QED) is 0.673. The largest absolute Gasteiger partial charge is 0.376 e. The minimum Gasteiger partial charge on any atom is -0.376 e. The Morgan fingerprint density at radius 2 is 1.86 bits per heavy atom. The number of carbonyl (C=O) groups excluding carboxylic acids is 2. The van der Waals surface area contributed by atoms with Crippen molar-refractivity contribution in [3.8, 4) is 5.69 Å². The number of anilines is 1. The van der Waals surface area contributed by atoms with E-state index in [2.05, 4.69) is 20.8 Å². The fourth-order valence-electron chi connectivity index (χ4n) is 3.14. The lowest BCUT2D eigenvalue weighted by molar-refractivity contribution is 0.0858. The average molecular weight is 391 g/mol. The molecule has 1 aliphatic rings. The summed E-state index contributed by atoms with van der Waals surface area (Å²) in [5, 5.41) is 14.0. The molecule has 1 aromatic heterocycles. The maximum atomic E-state index is 12.6. The Morgan fingerprint density at radius 1 is 1.07 bits per heavy atom. The van der Waals surface area contributed by atoms with Crippen LogP contribution in [0.1, 0.15) is 33.7 Å². The predicted octanol–water partition coefficient (Wildman–Crippen LogP) is 2.43. The monoisotopic (exact) mass is 391 g/mol. The number of amides is 2. The van der Waals surface area contributed by atoms with Gasteiger partial charge in [-0.25, -0.2) is 0 Å². The topological polar surface area (TPSA) is 98.1 Å². The third kappa shape index (κ3) is 4.49. The highest BCUT2D eigenvalue weighted by molar-refractivity contribution is 6.08. The third-order valence-corrected chi connectivity index (χ3v) is 4.65. The first kappa shape index (κ1) is 18.8. The first-order valence-corrected chi connectivity index (χ1v) is 9.48. The molecular formula is C21H21N5O3. The van der Waals surface area contributed by atoms with Crippen LogP contribution in [0.25, 0.3) is 5.69 Å². The van der Waals surface area contributed by atoms with Crippen LogP contribution in [0.3, 0.4) is 0 Å². The van der Waals surface area contributed by atoms with Crippen LogP contribution < -0.4 is 10.6 Å². The molecule has 2 N–H and O–H groups in total. The number of carbonyl (C=O) groups is 2. The number of hydrogen-bond acceptors (Lipinski definition) is 5. The molecule has 2 amide bonds. The summed E-state index contributed by atoms with van der Waals surface area (Å²) >= 11 is 0. The molecule has 2 aromatic carbocycles. The number of aromatic nitrogens is 3. The van der Waals surface area contributed by atoms with E-state index in [9.17, 15) is 9.59 Å². The first-order valence-electron chi connectivity index (χ1n) is 9.48. The summed E-state index contributed by atoms with van der Waals surface area (Å²) in [6, 6.07) is 16.2. The van der Waals surface area contributed by atoms with E-state index < -0.39 is 5.91 Å². The van der Waals surface area contributed by atoms with E-state index in [-0.39, 0.29) is 17.7 Å². The molecular weight excluding hydrogens is 370 g/mol. The fraction of sp³-hybridized carbons (Fsp3) is 0.238. The van der Waals surface area contributed by atoms with Crippen LogP contribution in [-0.2, 0) is 4.74 Å². The second kappa shape index (κ2) is 8.66. The maximum absolute atomic E-state index is 12.6. The van der Waals surface area contributed by atoms with E-state index in [4.69, 9.17) is 4.74 Å². The van der Waals surface area contributed by atoms with Gasteiger partial charge in [0.1, 0.15) is 0 Å². The Balaban J connectivity index is 1.44. The van der Waals surface area contributed by atoms with Gasteiger partial charge >= 0.3 is 0 Å². The van der Waals surface area contributed by atoms with Crippen molar-refractivity contribution in [2.24, 2.45) is 0 Å². The molecule has 148 valence electrons. The van der Waals surface area contributed by atoms with Gasteiger partial charge in [-0.05, 0) is 37.1 Å². The zero-order chi connectivity index (χ0) is 20.1. The number of nitrogens with one attached hydrogen (secondary N) is 2. The highest BCUT2D eigenvalue weighted by Crippen LogP contribution is 2.17. The number of ether oxygens (including phenoxy) is 1. The van der Waals surface area contributed by atoms with Gasteiger partial charge in [-0.1, -0.05) is 30.3 Å². The summed E-state index contributed by atoms with van der Waals surface area (Å²) < 4.78 is 5.53. The lowest BCUT2D eigenvalue weighted by atomic mass is 10.1. The SMILES string of the molecule is O=C(Nc1ccccc1C(=O)NCC1CCCO1)c1cnn(-c2ccccc2)n1. The fourth-order valence-corrected chi connectivity index (χ4v) is 3.14. The van der Waals surface area contributed by atoms with Gasteiger partial charge in [0.05, 0.1) is 29.2 Å². The van der Waals surface area contributed by atoms with Gasteiger partial charge in [0.2, 0.25) is 0 Å². The molecule has 0 bridgehead atoms. The summed E-state index contributed by atoms with van der Waals surface area (Å²) in [6.07, 6.45) is 3.39. The van der Waals surface area contributed by atoms with Gasteiger partial charge < -0.3 is 15.4 Å². The van der Waals surface area contributed by atoms with Crippen LogP contribution in [0.4, 0.5) is 5.69 Å². The summed E-state index contributed by atoms with van der Waals surface area (Å²) in [5.41, 5.74) is 1.70. The van der Waals surface area contributed by atoms with Crippen molar-refractivity contribution in [1.29, 1.82) is 0 Å². The van der Waals surface area contributed by atoms with Crippen molar-refractivity contribution in [2.75, 3.05) is 18.5 Å². The molecule has 29 heavy (non-hydrogen) atoms. The van der Waals surface area contributed by atoms with Crippen LogP contribution in [0.5, 0.6) is 0 Å². The molecule has 1 saturated heterocycles. The smallest absolute Gasteiger partial charge is 0.277 e. The Kier molecular flexibility index (Phi) is 5.62. The molecule has 1 aliphatic heterocycles. The summed E-state index contributed by atoms with van der Waals surface area (Å²) in [6.45, 7) is 1.18. The highest BCUT2D eigenvalue weighted by atomic mass is 16.5. The van der Waals surface area contributed by atoms with Gasteiger partial charge in [0.15, 0.2) is 5.69 Å².